The molecule has 1 aromatic carbocycles. The molecule has 94 valence electrons. The van der Waals surface area contributed by atoms with Crippen LogP contribution in [0.5, 0.6) is 5.75 Å². The number of likely N-dealkylation sites (N-methyl/N-ethyl adjacent to an activating group) is 1. The Kier molecular flexibility index (Phi) is 5.49. The molecule has 0 saturated carbocycles. The third-order valence-electron chi connectivity index (χ3n) is 2.66. The van der Waals surface area contributed by atoms with Crippen molar-refractivity contribution in [1.82, 2.24) is 10.2 Å². The molecular weight excluding hydrogens is 216 g/mol. The average molecular weight is 236 g/mol. The van der Waals surface area contributed by atoms with Crippen LogP contribution < -0.4 is 10.1 Å². The van der Waals surface area contributed by atoms with E-state index in [-0.39, 0.29) is 5.91 Å². The molecule has 0 aliphatic rings. The van der Waals surface area contributed by atoms with Crippen molar-refractivity contribution < 1.29 is 9.53 Å². The predicted molar refractivity (Wildman–Crippen MR) is 68.0 cm³/mol. The molecule has 17 heavy (non-hydrogen) atoms. The van der Waals surface area contributed by atoms with Crippen LogP contribution in [-0.2, 0) is 11.3 Å². The van der Waals surface area contributed by atoms with Crippen LogP contribution in [0.25, 0.3) is 0 Å². The number of nitrogens with one attached hydrogen (secondary N) is 1. The Morgan fingerprint density at radius 2 is 2.00 bits per heavy atom. The molecule has 0 spiro atoms. The Morgan fingerprint density at radius 3 is 2.53 bits per heavy atom. The van der Waals surface area contributed by atoms with Gasteiger partial charge in [-0.3, -0.25) is 4.79 Å². The highest BCUT2D eigenvalue weighted by atomic mass is 16.5. The van der Waals surface area contributed by atoms with Crippen LogP contribution in [0.3, 0.4) is 0 Å². The van der Waals surface area contributed by atoms with E-state index in [1.54, 1.807) is 19.1 Å². The summed E-state index contributed by atoms with van der Waals surface area (Å²) in [6.45, 7) is 3.76. The van der Waals surface area contributed by atoms with Gasteiger partial charge >= 0.3 is 0 Å². The molecule has 1 amide bonds. The minimum Gasteiger partial charge on any atom is -0.497 e. The number of ether oxygens (including phenoxy) is 1. The number of hydrogen-bond donors (Lipinski definition) is 1. The molecule has 0 aromatic heterocycles. The monoisotopic (exact) mass is 236 g/mol. The molecule has 4 nitrogen and oxygen atoms in total. The Balaban J connectivity index is 2.33. The third kappa shape index (κ3) is 4.44. The van der Waals surface area contributed by atoms with Crippen LogP contribution in [0.15, 0.2) is 24.3 Å². The molecule has 0 bridgehead atoms. The zero-order valence-corrected chi connectivity index (χ0v) is 10.7. The fourth-order valence-electron chi connectivity index (χ4n) is 1.37. The summed E-state index contributed by atoms with van der Waals surface area (Å²) in [6, 6.07) is 7.80. The van der Waals surface area contributed by atoms with Crippen LogP contribution in [0.2, 0.25) is 0 Å². The van der Waals surface area contributed by atoms with Crippen molar-refractivity contribution in [1.29, 1.82) is 0 Å². The first-order valence-corrected chi connectivity index (χ1v) is 5.75. The normalized spacial score (nSPS) is 10.1. The van der Waals surface area contributed by atoms with E-state index in [0.717, 1.165) is 17.9 Å². The molecular formula is C13H20N2O2. The van der Waals surface area contributed by atoms with E-state index in [4.69, 9.17) is 4.74 Å². The summed E-state index contributed by atoms with van der Waals surface area (Å²) >= 11 is 0. The average Bonchev–Trinajstić information content (AvgIpc) is 2.38. The molecule has 1 N–H and O–H groups in total. The fourth-order valence-corrected chi connectivity index (χ4v) is 1.37. The van der Waals surface area contributed by atoms with Crippen LogP contribution in [0.1, 0.15) is 12.5 Å². The minimum absolute atomic E-state index is 0.112. The number of hydrogen-bond acceptors (Lipinski definition) is 3. The fraction of sp³-hybridized carbons (Fsp3) is 0.462. The first-order chi connectivity index (χ1) is 8.17. The Morgan fingerprint density at radius 1 is 1.35 bits per heavy atom. The van der Waals surface area contributed by atoms with E-state index >= 15 is 0 Å². The zero-order chi connectivity index (χ0) is 12.7. The molecule has 0 fully saturated rings. The summed E-state index contributed by atoms with van der Waals surface area (Å²) in [5, 5.41) is 3.12. The third-order valence-corrected chi connectivity index (χ3v) is 2.66. The van der Waals surface area contributed by atoms with Gasteiger partial charge in [-0.1, -0.05) is 12.1 Å². The highest BCUT2D eigenvalue weighted by Crippen LogP contribution is 2.10. The predicted octanol–water partition coefficient (Wildman–Crippen LogP) is 1.26. The van der Waals surface area contributed by atoms with Gasteiger partial charge in [-0.05, 0) is 24.6 Å². The van der Waals surface area contributed by atoms with Gasteiger partial charge in [0.2, 0.25) is 5.91 Å². The highest BCUT2D eigenvalue weighted by molar-refractivity contribution is 5.77. The number of carbonyl (C=O) groups is 1. The van der Waals surface area contributed by atoms with Crippen LogP contribution >= 0.6 is 0 Å². The smallest absolute Gasteiger partial charge is 0.236 e. The second kappa shape index (κ2) is 6.91. The van der Waals surface area contributed by atoms with Gasteiger partial charge in [0.1, 0.15) is 5.75 Å². The second-order valence-electron chi connectivity index (χ2n) is 3.86. The second-order valence-corrected chi connectivity index (χ2v) is 3.86. The maximum Gasteiger partial charge on any atom is 0.236 e. The number of methoxy groups -OCH3 is 1. The lowest BCUT2D eigenvalue weighted by molar-refractivity contribution is -0.128. The highest BCUT2D eigenvalue weighted by Gasteiger charge is 2.05. The summed E-state index contributed by atoms with van der Waals surface area (Å²) in [6.07, 6.45) is 0. The van der Waals surface area contributed by atoms with Gasteiger partial charge in [0.15, 0.2) is 0 Å². The van der Waals surface area contributed by atoms with Crippen molar-refractivity contribution in [2.75, 3.05) is 27.2 Å². The van der Waals surface area contributed by atoms with Crippen molar-refractivity contribution in [3.63, 3.8) is 0 Å². The number of amides is 1. The molecule has 1 rings (SSSR count). The maximum atomic E-state index is 11.5. The van der Waals surface area contributed by atoms with Gasteiger partial charge in [0.05, 0.1) is 13.7 Å². The summed E-state index contributed by atoms with van der Waals surface area (Å²) in [5.41, 5.74) is 1.14. The largest absolute Gasteiger partial charge is 0.497 e. The Labute approximate surface area is 103 Å². The van der Waals surface area contributed by atoms with Gasteiger partial charge in [-0.15, -0.1) is 0 Å². The van der Waals surface area contributed by atoms with Crippen LogP contribution in [0, 0.1) is 0 Å². The molecule has 1 aromatic rings. The summed E-state index contributed by atoms with van der Waals surface area (Å²) in [4.78, 5) is 13.2. The molecule has 0 unspecified atom stereocenters. The zero-order valence-electron chi connectivity index (χ0n) is 10.7. The molecule has 0 radical (unpaired) electrons. The van der Waals surface area contributed by atoms with Gasteiger partial charge in [0, 0.05) is 20.1 Å². The van der Waals surface area contributed by atoms with E-state index in [1.807, 2.05) is 31.2 Å². The van der Waals surface area contributed by atoms with E-state index in [2.05, 4.69) is 5.32 Å². The molecule has 0 atom stereocenters. The summed E-state index contributed by atoms with van der Waals surface area (Å²) < 4.78 is 5.08. The van der Waals surface area contributed by atoms with E-state index in [0.29, 0.717) is 13.1 Å². The van der Waals surface area contributed by atoms with E-state index in [1.165, 1.54) is 0 Å². The van der Waals surface area contributed by atoms with Crippen molar-refractivity contribution >= 4 is 5.91 Å². The molecule has 0 heterocycles. The van der Waals surface area contributed by atoms with Crippen molar-refractivity contribution in [2.45, 2.75) is 13.5 Å². The minimum atomic E-state index is 0.112. The van der Waals surface area contributed by atoms with Crippen LogP contribution in [0.4, 0.5) is 0 Å². The van der Waals surface area contributed by atoms with Gasteiger partial charge in [-0.25, -0.2) is 0 Å². The van der Waals surface area contributed by atoms with Crippen LogP contribution in [-0.4, -0.2) is 38.1 Å². The van der Waals surface area contributed by atoms with Gasteiger partial charge < -0.3 is 15.0 Å². The number of carbonyl (C=O) groups excluding carboxylic acids is 1. The standard InChI is InChI=1S/C13H20N2O2/c1-4-15(2)13(16)10-14-9-11-5-7-12(17-3)8-6-11/h5-8,14H,4,9-10H2,1-3H3. The van der Waals surface area contributed by atoms with Crippen molar-refractivity contribution in [3.8, 4) is 5.75 Å². The lowest BCUT2D eigenvalue weighted by atomic mass is 10.2. The molecule has 0 saturated heterocycles. The number of benzene rings is 1. The van der Waals surface area contributed by atoms with Crippen molar-refractivity contribution in [3.05, 3.63) is 29.8 Å². The SMILES string of the molecule is CCN(C)C(=O)CNCc1ccc(OC)cc1. The summed E-state index contributed by atoms with van der Waals surface area (Å²) in [5.74, 6) is 0.955. The van der Waals surface area contributed by atoms with Gasteiger partial charge in [-0.2, -0.15) is 0 Å². The molecule has 0 aliphatic carbocycles. The van der Waals surface area contributed by atoms with Gasteiger partial charge in [0.25, 0.3) is 0 Å². The quantitative estimate of drug-likeness (QED) is 0.808. The van der Waals surface area contributed by atoms with Crippen molar-refractivity contribution in [2.24, 2.45) is 0 Å². The summed E-state index contributed by atoms with van der Waals surface area (Å²) in [7, 11) is 3.45. The number of nitrogens with zero attached hydrogens (tertiary/aromatic N) is 1. The van der Waals surface area contributed by atoms with E-state index in [9.17, 15) is 4.79 Å². The Hall–Kier alpha value is -1.55. The number of rotatable bonds is 6. The lowest BCUT2D eigenvalue weighted by Crippen LogP contribution is -2.35. The molecule has 0 aliphatic heterocycles. The topological polar surface area (TPSA) is 41.6 Å². The van der Waals surface area contributed by atoms with E-state index < -0.39 is 0 Å². The maximum absolute atomic E-state index is 11.5. The molecule has 4 heteroatoms. The first-order valence-electron chi connectivity index (χ1n) is 5.75. The first kappa shape index (κ1) is 13.5. The lowest BCUT2D eigenvalue weighted by Gasteiger charge is -2.14. The Bertz CT molecular complexity index is 349.